The molecular formula is C13H17NO2. The molecule has 16 heavy (non-hydrogen) atoms. The topological polar surface area (TPSA) is 52.3 Å². The maximum absolute atomic E-state index is 12.0. The molecule has 0 amide bonds. The van der Waals surface area contributed by atoms with Gasteiger partial charge in [0.05, 0.1) is 12.1 Å². The lowest BCUT2D eigenvalue weighted by atomic mass is 9.85. The van der Waals surface area contributed by atoms with Crippen LogP contribution in [-0.4, -0.2) is 17.9 Å². The number of Topliss-reactive ketones (excluding diaryl/α,β-unsaturated/α-hetero) is 1. The molecule has 0 aromatic heterocycles. The average molecular weight is 219 g/mol. The van der Waals surface area contributed by atoms with Gasteiger partial charge >= 0.3 is 0 Å². The second-order valence-corrected chi connectivity index (χ2v) is 4.48. The molecule has 2 N–H and O–H groups in total. The molecule has 0 spiro atoms. The molecule has 0 aliphatic heterocycles. The molecule has 0 saturated carbocycles. The van der Waals surface area contributed by atoms with Gasteiger partial charge in [0.2, 0.25) is 0 Å². The molecule has 86 valence electrons. The third-order valence-corrected chi connectivity index (χ3v) is 2.81. The monoisotopic (exact) mass is 219 g/mol. The predicted octanol–water partition coefficient (Wildman–Crippen LogP) is 1.61. The van der Waals surface area contributed by atoms with Crippen LogP contribution in [0.1, 0.15) is 31.1 Å². The lowest BCUT2D eigenvalue weighted by Gasteiger charge is -2.29. The van der Waals surface area contributed by atoms with Gasteiger partial charge in [-0.05, 0) is 31.4 Å². The number of ether oxygens (including phenoxy) is 1. The Labute approximate surface area is 95.6 Å². The Morgan fingerprint density at radius 1 is 1.38 bits per heavy atom. The first-order chi connectivity index (χ1) is 7.59. The molecule has 0 saturated heterocycles. The van der Waals surface area contributed by atoms with E-state index < -0.39 is 12.1 Å². The molecule has 2 unspecified atom stereocenters. The van der Waals surface area contributed by atoms with E-state index in [9.17, 15) is 4.79 Å². The number of rotatable bonds is 2. The summed E-state index contributed by atoms with van der Waals surface area (Å²) >= 11 is 0. The highest BCUT2D eigenvalue weighted by molar-refractivity contribution is 5.91. The third kappa shape index (κ3) is 2.01. The molecule has 0 fully saturated rings. The fraction of sp³-hybridized carbons (Fsp3) is 0.462. The summed E-state index contributed by atoms with van der Waals surface area (Å²) in [7, 11) is 0. The minimum Gasteiger partial charge on any atom is -0.363 e. The molecule has 3 heteroatoms. The van der Waals surface area contributed by atoms with Gasteiger partial charge in [0.15, 0.2) is 5.78 Å². The zero-order valence-electron chi connectivity index (χ0n) is 9.64. The van der Waals surface area contributed by atoms with Crippen molar-refractivity contribution in [1.82, 2.24) is 0 Å². The van der Waals surface area contributed by atoms with E-state index in [1.807, 2.05) is 38.1 Å². The molecule has 0 radical (unpaired) electrons. The summed E-state index contributed by atoms with van der Waals surface area (Å²) < 4.78 is 5.67. The highest BCUT2D eigenvalue weighted by Crippen LogP contribution is 2.30. The molecule has 2 atom stereocenters. The van der Waals surface area contributed by atoms with Crippen molar-refractivity contribution in [2.24, 2.45) is 5.73 Å². The summed E-state index contributed by atoms with van der Waals surface area (Å²) in [6.07, 6.45) is 0.153. The van der Waals surface area contributed by atoms with E-state index >= 15 is 0 Å². The van der Waals surface area contributed by atoms with Crippen molar-refractivity contribution < 1.29 is 9.53 Å². The van der Waals surface area contributed by atoms with Gasteiger partial charge in [0.1, 0.15) is 6.10 Å². The van der Waals surface area contributed by atoms with E-state index in [4.69, 9.17) is 10.5 Å². The predicted molar refractivity (Wildman–Crippen MR) is 62.1 cm³/mol. The van der Waals surface area contributed by atoms with E-state index in [0.717, 1.165) is 11.1 Å². The number of nitrogens with two attached hydrogens (primary N) is 1. The van der Waals surface area contributed by atoms with E-state index in [1.54, 1.807) is 0 Å². The van der Waals surface area contributed by atoms with E-state index in [1.165, 1.54) is 0 Å². The van der Waals surface area contributed by atoms with Gasteiger partial charge in [-0.25, -0.2) is 0 Å². The Bertz CT molecular complexity index is 401. The van der Waals surface area contributed by atoms with Crippen LogP contribution in [0.5, 0.6) is 0 Å². The number of ketones is 1. The lowest BCUT2D eigenvalue weighted by Crippen LogP contribution is -2.42. The van der Waals surface area contributed by atoms with E-state index in [2.05, 4.69) is 0 Å². The Hall–Kier alpha value is -1.19. The first-order valence-corrected chi connectivity index (χ1v) is 5.62. The van der Waals surface area contributed by atoms with Crippen LogP contribution in [0.4, 0.5) is 0 Å². The fourth-order valence-corrected chi connectivity index (χ4v) is 2.07. The Kier molecular flexibility index (Phi) is 3.08. The zero-order valence-corrected chi connectivity index (χ0v) is 9.64. The quantitative estimate of drug-likeness (QED) is 0.822. The number of fused-ring (bicyclic) bond motifs is 1. The Morgan fingerprint density at radius 2 is 2.06 bits per heavy atom. The SMILES string of the molecule is CC(C)OC1C(=O)C(N)Cc2ccccc21. The molecule has 1 aliphatic carbocycles. The Morgan fingerprint density at radius 3 is 2.75 bits per heavy atom. The summed E-state index contributed by atoms with van der Waals surface area (Å²) in [5, 5.41) is 0. The maximum Gasteiger partial charge on any atom is 0.183 e. The minimum atomic E-state index is -0.486. The fourth-order valence-electron chi connectivity index (χ4n) is 2.07. The average Bonchev–Trinajstić information content (AvgIpc) is 2.24. The van der Waals surface area contributed by atoms with Gasteiger partial charge in [-0.15, -0.1) is 0 Å². The normalized spacial score (nSPS) is 24.6. The van der Waals surface area contributed by atoms with Crippen molar-refractivity contribution in [2.45, 2.75) is 38.5 Å². The maximum atomic E-state index is 12.0. The van der Waals surface area contributed by atoms with Crippen molar-refractivity contribution in [2.75, 3.05) is 0 Å². The molecule has 1 aromatic carbocycles. The second kappa shape index (κ2) is 4.36. The van der Waals surface area contributed by atoms with Crippen molar-refractivity contribution in [1.29, 1.82) is 0 Å². The number of hydrogen-bond acceptors (Lipinski definition) is 3. The van der Waals surface area contributed by atoms with Crippen LogP contribution in [0.3, 0.4) is 0 Å². The number of carbonyl (C=O) groups excluding carboxylic acids is 1. The first-order valence-electron chi connectivity index (χ1n) is 5.62. The van der Waals surface area contributed by atoms with Crippen molar-refractivity contribution in [3.8, 4) is 0 Å². The molecule has 3 nitrogen and oxygen atoms in total. The largest absolute Gasteiger partial charge is 0.363 e. The summed E-state index contributed by atoms with van der Waals surface area (Å²) in [6, 6.07) is 7.43. The zero-order chi connectivity index (χ0) is 11.7. The van der Waals surface area contributed by atoms with Crippen molar-refractivity contribution >= 4 is 5.78 Å². The van der Waals surface area contributed by atoms with Crippen molar-refractivity contribution in [3.63, 3.8) is 0 Å². The molecule has 0 heterocycles. The van der Waals surface area contributed by atoms with Crippen LogP contribution in [0.15, 0.2) is 24.3 Å². The van der Waals surface area contributed by atoms with Gasteiger partial charge in [0.25, 0.3) is 0 Å². The summed E-state index contributed by atoms with van der Waals surface area (Å²) in [5.41, 5.74) is 7.93. The van der Waals surface area contributed by atoms with Crippen LogP contribution < -0.4 is 5.73 Å². The summed E-state index contributed by atoms with van der Waals surface area (Å²) in [5.74, 6) is -0.00704. The standard InChI is InChI=1S/C13H17NO2/c1-8(2)16-13-10-6-4-3-5-9(10)7-11(14)12(13)15/h3-6,8,11,13H,7,14H2,1-2H3. The van der Waals surface area contributed by atoms with Crippen LogP contribution in [0.2, 0.25) is 0 Å². The van der Waals surface area contributed by atoms with E-state index in [-0.39, 0.29) is 11.9 Å². The minimum absolute atomic E-state index is 0.00704. The highest BCUT2D eigenvalue weighted by Gasteiger charge is 2.33. The molecule has 2 rings (SSSR count). The summed E-state index contributed by atoms with van der Waals surface area (Å²) in [4.78, 5) is 12.0. The molecule has 1 aliphatic rings. The van der Waals surface area contributed by atoms with Gasteiger partial charge in [-0.2, -0.15) is 0 Å². The smallest absolute Gasteiger partial charge is 0.183 e. The lowest BCUT2D eigenvalue weighted by molar-refractivity contribution is -0.136. The van der Waals surface area contributed by atoms with Gasteiger partial charge in [-0.1, -0.05) is 24.3 Å². The third-order valence-electron chi connectivity index (χ3n) is 2.81. The summed E-state index contributed by atoms with van der Waals surface area (Å²) in [6.45, 7) is 3.85. The van der Waals surface area contributed by atoms with Crippen LogP contribution >= 0.6 is 0 Å². The van der Waals surface area contributed by atoms with Gasteiger partial charge in [0, 0.05) is 0 Å². The molecule has 1 aromatic rings. The number of benzene rings is 1. The van der Waals surface area contributed by atoms with Crippen LogP contribution in [0, 0.1) is 0 Å². The van der Waals surface area contributed by atoms with Crippen LogP contribution in [-0.2, 0) is 16.0 Å². The molecule has 0 bridgehead atoms. The Balaban J connectivity index is 2.38. The number of hydrogen-bond donors (Lipinski definition) is 1. The highest BCUT2D eigenvalue weighted by atomic mass is 16.5. The van der Waals surface area contributed by atoms with E-state index in [0.29, 0.717) is 6.42 Å². The molecular weight excluding hydrogens is 202 g/mol. The van der Waals surface area contributed by atoms with Crippen molar-refractivity contribution in [3.05, 3.63) is 35.4 Å². The second-order valence-electron chi connectivity index (χ2n) is 4.48. The first kappa shape index (κ1) is 11.3. The van der Waals surface area contributed by atoms with Gasteiger partial charge in [-0.3, -0.25) is 4.79 Å². The number of carbonyl (C=O) groups is 1. The van der Waals surface area contributed by atoms with Gasteiger partial charge < -0.3 is 10.5 Å². The van der Waals surface area contributed by atoms with Crippen LogP contribution in [0.25, 0.3) is 0 Å².